The molecule has 3 nitrogen and oxygen atoms in total. The SMILES string of the molecule is CCCNC(=O)C(C)NCc1ccc(C)cc1. The average Bonchev–Trinajstić information content (AvgIpc) is 2.34. The van der Waals surface area contributed by atoms with Crippen molar-refractivity contribution in [2.75, 3.05) is 6.54 Å². The number of carbonyl (C=O) groups excluding carboxylic acids is 1. The highest BCUT2D eigenvalue weighted by molar-refractivity contribution is 5.81. The van der Waals surface area contributed by atoms with Gasteiger partial charge in [0.25, 0.3) is 0 Å². The van der Waals surface area contributed by atoms with Gasteiger partial charge in [0.2, 0.25) is 5.91 Å². The molecule has 0 radical (unpaired) electrons. The van der Waals surface area contributed by atoms with Crippen LogP contribution in [0.1, 0.15) is 31.4 Å². The number of nitrogens with one attached hydrogen (secondary N) is 2. The van der Waals surface area contributed by atoms with Crippen LogP contribution < -0.4 is 10.6 Å². The lowest BCUT2D eigenvalue weighted by Crippen LogP contribution is -2.42. The number of rotatable bonds is 6. The molecule has 2 N–H and O–H groups in total. The van der Waals surface area contributed by atoms with Crippen LogP contribution in [0.2, 0.25) is 0 Å². The molecule has 0 aliphatic heterocycles. The van der Waals surface area contributed by atoms with Crippen LogP contribution >= 0.6 is 0 Å². The van der Waals surface area contributed by atoms with E-state index in [1.165, 1.54) is 11.1 Å². The van der Waals surface area contributed by atoms with Crippen molar-refractivity contribution in [3.05, 3.63) is 35.4 Å². The van der Waals surface area contributed by atoms with Crippen molar-refractivity contribution in [3.63, 3.8) is 0 Å². The Balaban J connectivity index is 2.34. The minimum absolute atomic E-state index is 0.0685. The zero-order valence-corrected chi connectivity index (χ0v) is 10.9. The highest BCUT2D eigenvalue weighted by atomic mass is 16.2. The molecule has 17 heavy (non-hydrogen) atoms. The molecule has 0 saturated heterocycles. The largest absolute Gasteiger partial charge is 0.355 e. The van der Waals surface area contributed by atoms with Crippen molar-refractivity contribution in [1.29, 1.82) is 0 Å². The van der Waals surface area contributed by atoms with Gasteiger partial charge in [0.05, 0.1) is 6.04 Å². The second-order valence-electron chi connectivity index (χ2n) is 4.38. The summed E-state index contributed by atoms with van der Waals surface area (Å²) in [7, 11) is 0. The normalized spacial score (nSPS) is 12.2. The summed E-state index contributed by atoms with van der Waals surface area (Å²) in [6.45, 7) is 7.47. The number of hydrogen-bond donors (Lipinski definition) is 2. The summed E-state index contributed by atoms with van der Waals surface area (Å²) in [6, 6.07) is 8.18. The Kier molecular flexibility index (Phi) is 5.70. The molecule has 0 fully saturated rings. The summed E-state index contributed by atoms with van der Waals surface area (Å²) >= 11 is 0. The van der Waals surface area contributed by atoms with E-state index >= 15 is 0 Å². The summed E-state index contributed by atoms with van der Waals surface area (Å²) in [5, 5.41) is 6.09. The molecule has 0 bridgehead atoms. The maximum atomic E-state index is 11.6. The highest BCUT2D eigenvalue weighted by Gasteiger charge is 2.10. The van der Waals surface area contributed by atoms with Gasteiger partial charge < -0.3 is 10.6 Å². The van der Waals surface area contributed by atoms with E-state index in [1.807, 2.05) is 13.8 Å². The molecular formula is C14H22N2O. The summed E-state index contributed by atoms with van der Waals surface area (Å²) in [6.07, 6.45) is 0.969. The fraction of sp³-hybridized carbons (Fsp3) is 0.500. The van der Waals surface area contributed by atoms with E-state index in [0.717, 1.165) is 19.5 Å². The lowest BCUT2D eigenvalue weighted by atomic mass is 10.1. The Morgan fingerprint density at radius 2 is 1.94 bits per heavy atom. The number of carbonyl (C=O) groups is 1. The molecule has 0 saturated carbocycles. The van der Waals surface area contributed by atoms with Gasteiger partial charge in [0.1, 0.15) is 0 Å². The summed E-state index contributed by atoms with van der Waals surface area (Å²) in [5.74, 6) is 0.0685. The molecule has 0 spiro atoms. The van der Waals surface area contributed by atoms with Crippen molar-refractivity contribution in [2.45, 2.75) is 39.8 Å². The minimum Gasteiger partial charge on any atom is -0.355 e. The lowest BCUT2D eigenvalue weighted by Gasteiger charge is -2.13. The van der Waals surface area contributed by atoms with Crippen molar-refractivity contribution in [3.8, 4) is 0 Å². The first-order valence-electron chi connectivity index (χ1n) is 6.20. The molecule has 0 aliphatic carbocycles. The van der Waals surface area contributed by atoms with Crippen LogP contribution in [-0.2, 0) is 11.3 Å². The molecular weight excluding hydrogens is 212 g/mol. The molecule has 1 aromatic carbocycles. The van der Waals surface area contributed by atoms with Gasteiger partial charge in [0, 0.05) is 13.1 Å². The van der Waals surface area contributed by atoms with Gasteiger partial charge in [-0.1, -0.05) is 36.8 Å². The second kappa shape index (κ2) is 7.07. The van der Waals surface area contributed by atoms with E-state index in [4.69, 9.17) is 0 Å². The molecule has 94 valence electrons. The van der Waals surface area contributed by atoms with Crippen molar-refractivity contribution in [1.82, 2.24) is 10.6 Å². The minimum atomic E-state index is -0.150. The van der Waals surface area contributed by atoms with Gasteiger partial charge in [0.15, 0.2) is 0 Å². The lowest BCUT2D eigenvalue weighted by molar-refractivity contribution is -0.122. The molecule has 1 aromatic rings. The highest BCUT2D eigenvalue weighted by Crippen LogP contribution is 2.02. The van der Waals surface area contributed by atoms with Gasteiger partial charge in [-0.05, 0) is 25.8 Å². The zero-order chi connectivity index (χ0) is 12.7. The van der Waals surface area contributed by atoms with E-state index in [9.17, 15) is 4.79 Å². The topological polar surface area (TPSA) is 41.1 Å². The van der Waals surface area contributed by atoms with Crippen LogP contribution in [0.3, 0.4) is 0 Å². The van der Waals surface area contributed by atoms with E-state index in [0.29, 0.717) is 0 Å². The first-order valence-corrected chi connectivity index (χ1v) is 6.20. The third-order valence-corrected chi connectivity index (χ3v) is 2.68. The van der Waals surface area contributed by atoms with Crippen molar-refractivity contribution in [2.24, 2.45) is 0 Å². The quantitative estimate of drug-likeness (QED) is 0.790. The third-order valence-electron chi connectivity index (χ3n) is 2.68. The molecule has 1 amide bonds. The summed E-state index contributed by atoms with van der Waals surface area (Å²) < 4.78 is 0. The Hall–Kier alpha value is -1.35. The van der Waals surface area contributed by atoms with E-state index in [1.54, 1.807) is 0 Å². The molecule has 0 aromatic heterocycles. The molecule has 3 heteroatoms. The molecule has 1 rings (SSSR count). The van der Waals surface area contributed by atoms with Crippen molar-refractivity contribution >= 4 is 5.91 Å². The summed E-state index contributed by atoms with van der Waals surface area (Å²) in [4.78, 5) is 11.6. The average molecular weight is 234 g/mol. The maximum Gasteiger partial charge on any atom is 0.236 e. The zero-order valence-electron chi connectivity index (χ0n) is 10.9. The number of aryl methyl sites for hydroxylation is 1. The molecule has 1 atom stereocenters. The summed E-state index contributed by atoms with van der Waals surface area (Å²) in [5.41, 5.74) is 2.45. The molecule has 0 aliphatic rings. The Bertz CT molecular complexity index is 346. The van der Waals surface area contributed by atoms with Crippen molar-refractivity contribution < 1.29 is 4.79 Å². The van der Waals surface area contributed by atoms with E-state index in [2.05, 4.69) is 41.8 Å². The van der Waals surface area contributed by atoms with Crippen LogP contribution in [0.25, 0.3) is 0 Å². The number of benzene rings is 1. The predicted octanol–water partition coefficient (Wildman–Crippen LogP) is 2.00. The third kappa shape index (κ3) is 5.00. The number of amides is 1. The second-order valence-corrected chi connectivity index (χ2v) is 4.38. The monoisotopic (exact) mass is 234 g/mol. The van der Waals surface area contributed by atoms with Gasteiger partial charge in [-0.3, -0.25) is 4.79 Å². The molecule has 1 unspecified atom stereocenters. The van der Waals surface area contributed by atoms with Crippen LogP contribution in [0.15, 0.2) is 24.3 Å². The van der Waals surface area contributed by atoms with Crippen LogP contribution in [0, 0.1) is 6.92 Å². The van der Waals surface area contributed by atoms with E-state index < -0.39 is 0 Å². The van der Waals surface area contributed by atoms with Crippen LogP contribution in [-0.4, -0.2) is 18.5 Å². The van der Waals surface area contributed by atoms with Crippen LogP contribution in [0.5, 0.6) is 0 Å². The molecule has 0 heterocycles. The Morgan fingerprint density at radius 1 is 1.29 bits per heavy atom. The first-order chi connectivity index (χ1) is 8.13. The Labute approximate surface area is 104 Å². The maximum absolute atomic E-state index is 11.6. The number of hydrogen-bond acceptors (Lipinski definition) is 2. The van der Waals surface area contributed by atoms with Gasteiger partial charge in [-0.2, -0.15) is 0 Å². The fourth-order valence-electron chi connectivity index (χ4n) is 1.47. The van der Waals surface area contributed by atoms with Crippen LogP contribution in [0.4, 0.5) is 0 Å². The Morgan fingerprint density at radius 3 is 2.53 bits per heavy atom. The first kappa shape index (κ1) is 13.7. The fourth-order valence-corrected chi connectivity index (χ4v) is 1.47. The smallest absolute Gasteiger partial charge is 0.236 e. The van der Waals surface area contributed by atoms with Gasteiger partial charge in [-0.25, -0.2) is 0 Å². The predicted molar refractivity (Wildman–Crippen MR) is 70.8 cm³/mol. The standard InChI is InChI=1S/C14H22N2O/c1-4-9-15-14(17)12(3)16-10-13-7-5-11(2)6-8-13/h5-8,12,16H,4,9-10H2,1-3H3,(H,15,17). The van der Waals surface area contributed by atoms with Gasteiger partial charge >= 0.3 is 0 Å². The van der Waals surface area contributed by atoms with E-state index in [-0.39, 0.29) is 11.9 Å². The van der Waals surface area contributed by atoms with Gasteiger partial charge in [-0.15, -0.1) is 0 Å².